The summed E-state index contributed by atoms with van der Waals surface area (Å²) >= 11 is 3.11. The van der Waals surface area contributed by atoms with Gasteiger partial charge in [0.15, 0.2) is 0 Å². The normalized spacial score (nSPS) is 23.3. The number of thioether (sulfide) groups is 1. The van der Waals surface area contributed by atoms with Crippen LogP contribution in [0.15, 0.2) is 22.7 Å². The van der Waals surface area contributed by atoms with Gasteiger partial charge < -0.3 is 4.90 Å². The van der Waals surface area contributed by atoms with E-state index in [0.29, 0.717) is 17.0 Å². The van der Waals surface area contributed by atoms with Gasteiger partial charge in [0, 0.05) is 17.5 Å². The number of hydrogen-bond acceptors (Lipinski definition) is 5. The first-order chi connectivity index (χ1) is 12.8. The number of carbonyl (C=O) groups excluding carboxylic acids is 1. The average Bonchev–Trinajstić information content (AvgIpc) is 3.35. The van der Waals surface area contributed by atoms with Crippen LogP contribution < -0.4 is 0 Å². The number of aromatic nitrogens is 3. The fourth-order valence-corrected chi connectivity index (χ4v) is 5.40. The van der Waals surface area contributed by atoms with E-state index in [9.17, 15) is 4.79 Å². The maximum atomic E-state index is 12.7. The first kappa shape index (κ1) is 17.8. The molecule has 0 bridgehead atoms. The monoisotopic (exact) mass is 388 g/mol. The molecule has 7 heteroatoms. The minimum Gasteiger partial charge on any atom is -0.339 e. The van der Waals surface area contributed by atoms with Gasteiger partial charge >= 0.3 is 0 Å². The number of rotatable bonds is 5. The third-order valence-electron chi connectivity index (χ3n) is 5.32. The molecule has 0 spiro atoms. The molecule has 5 nitrogen and oxygen atoms in total. The van der Waals surface area contributed by atoms with Crippen molar-refractivity contribution in [3.63, 3.8) is 0 Å². The Labute approximate surface area is 162 Å². The largest absolute Gasteiger partial charge is 0.339 e. The van der Waals surface area contributed by atoms with Gasteiger partial charge in [-0.2, -0.15) is 0 Å². The predicted octanol–water partition coefficient (Wildman–Crippen LogP) is 4.31. The van der Waals surface area contributed by atoms with Crippen molar-refractivity contribution in [2.24, 2.45) is 5.92 Å². The third-order valence-corrected chi connectivity index (χ3v) is 6.99. The summed E-state index contributed by atoms with van der Waals surface area (Å²) in [7, 11) is 0. The number of nitrogens with zero attached hydrogens (tertiary/aromatic N) is 3. The number of amides is 1. The van der Waals surface area contributed by atoms with Crippen LogP contribution in [0.3, 0.4) is 0 Å². The van der Waals surface area contributed by atoms with Crippen molar-refractivity contribution >= 4 is 41.2 Å². The van der Waals surface area contributed by atoms with Gasteiger partial charge in [-0.15, -0.1) is 16.4 Å². The summed E-state index contributed by atoms with van der Waals surface area (Å²) in [5.74, 6) is 2.12. The van der Waals surface area contributed by atoms with Crippen LogP contribution in [0.4, 0.5) is 0 Å². The van der Waals surface area contributed by atoms with Gasteiger partial charge in [0.1, 0.15) is 5.82 Å². The number of H-pyrrole nitrogens is 1. The van der Waals surface area contributed by atoms with Crippen LogP contribution in [-0.2, 0) is 4.79 Å². The molecule has 1 aliphatic carbocycles. The number of aromatic amines is 1. The van der Waals surface area contributed by atoms with Gasteiger partial charge in [0.2, 0.25) is 11.1 Å². The smallest absolute Gasteiger partial charge is 0.233 e. The number of carbonyl (C=O) groups is 1. The van der Waals surface area contributed by atoms with E-state index in [-0.39, 0.29) is 5.91 Å². The molecule has 2 fully saturated rings. The molecule has 0 aromatic carbocycles. The Bertz CT molecular complexity index is 753. The molecule has 2 aromatic rings. The van der Waals surface area contributed by atoms with Crippen LogP contribution in [0.5, 0.6) is 0 Å². The van der Waals surface area contributed by atoms with Crippen molar-refractivity contribution in [1.82, 2.24) is 20.1 Å². The minimum absolute atomic E-state index is 0.243. The molecule has 4 rings (SSSR count). The number of fused-ring (bicyclic) bond motifs is 1. The lowest BCUT2D eigenvalue weighted by molar-refractivity contribution is -0.134. The predicted molar refractivity (Wildman–Crippen MR) is 107 cm³/mol. The van der Waals surface area contributed by atoms with Gasteiger partial charge in [-0.1, -0.05) is 30.7 Å². The first-order valence-corrected chi connectivity index (χ1v) is 11.2. The second-order valence-electron chi connectivity index (χ2n) is 6.98. The van der Waals surface area contributed by atoms with E-state index < -0.39 is 0 Å². The highest BCUT2D eigenvalue weighted by atomic mass is 32.2. The molecule has 0 radical (unpaired) electrons. The molecule has 2 aliphatic rings. The van der Waals surface area contributed by atoms with Crippen molar-refractivity contribution in [3.8, 4) is 0 Å². The molecule has 2 aromatic heterocycles. The summed E-state index contributed by atoms with van der Waals surface area (Å²) in [6.07, 6.45) is 11.4. The van der Waals surface area contributed by atoms with E-state index in [1.165, 1.54) is 48.7 Å². The van der Waals surface area contributed by atoms with E-state index in [4.69, 9.17) is 0 Å². The highest BCUT2D eigenvalue weighted by Gasteiger charge is 2.35. The highest BCUT2D eigenvalue weighted by Crippen LogP contribution is 2.35. The van der Waals surface area contributed by atoms with Gasteiger partial charge in [0.05, 0.1) is 5.75 Å². The lowest BCUT2D eigenvalue weighted by Crippen LogP contribution is -2.50. The van der Waals surface area contributed by atoms with Gasteiger partial charge in [-0.3, -0.25) is 9.89 Å². The number of thiophene rings is 1. The number of hydrogen-bond donors (Lipinski definition) is 1. The Morgan fingerprint density at radius 3 is 3.08 bits per heavy atom. The number of nitrogens with one attached hydrogen (secondary N) is 1. The van der Waals surface area contributed by atoms with E-state index >= 15 is 0 Å². The maximum absolute atomic E-state index is 12.7. The number of likely N-dealkylation sites (tertiary alicyclic amines) is 1. The first-order valence-electron chi connectivity index (χ1n) is 9.36. The van der Waals surface area contributed by atoms with Crippen LogP contribution >= 0.6 is 23.1 Å². The van der Waals surface area contributed by atoms with Crippen molar-refractivity contribution in [3.05, 3.63) is 28.2 Å². The Balaban J connectivity index is 1.31. The van der Waals surface area contributed by atoms with E-state index in [1.807, 2.05) is 23.6 Å². The van der Waals surface area contributed by atoms with Crippen LogP contribution in [0.25, 0.3) is 12.2 Å². The van der Waals surface area contributed by atoms with E-state index in [1.54, 1.807) is 11.3 Å². The zero-order chi connectivity index (χ0) is 17.8. The molecule has 2 atom stereocenters. The van der Waals surface area contributed by atoms with Crippen LogP contribution in [0.1, 0.15) is 49.2 Å². The van der Waals surface area contributed by atoms with E-state index in [2.05, 4.69) is 26.1 Å². The standard InChI is InChI=1S/C19H24N4OS2/c24-18(23-11-3-6-14-5-1-2-8-16(14)23)13-26-19-20-17(21-22-19)10-9-15-7-4-12-25-15/h4,7,9-10,12,14,16H,1-3,5-6,8,11,13H2,(H,20,21,22)/b10-9+. The highest BCUT2D eigenvalue weighted by molar-refractivity contribution is 7.99. The lowest BCUT2D eigenvalue weighted by atomic mass is 9.78. The Hall–Kier alpha value is -1.60. The van der Waals surface area contributed by atoms with Gasteiger partial charge in [0.25, 0.3) is 0 Å². The van der Waals surface area contributed by atoms with Crippen molar-refractivity contribution in [2.75, 3.05) is 12.3 Å². The molecular weight excluding hydrogens is 364 g/mol. The fraction of sp³-hybridized carbons (Fsp3) is 0.526. The molecule has 3 heterocycles. The molecule has 1 aliphatic heterocycles. The molecule has 26 heavy (non-hydrogen) atoms. The zero-order valence-corrected chi connectivity index (χ0v) is 16.4. The number of piperidine rings is 1. The maximum Gasteiger partial charge on any atom is 0.233 e. The van der Waals surface area contributed by atoms with Gasteiger partial charge in [-0.25, -0.2) is 4.98 Å². The molecule has 1 saturated heterocycles. The van der Waals surface area contributed by atoms with Crippen molar-refractivity contribution in [2.45, 2.75) is 49.7 Å². The summed E-state index contributed by atoms with van der Waals surface area (Å²) in [5, 5.41) is 9.84. The second kappa shape index (κ2) is 8.39. The topological polar surface area (TPSA) is 61.9 Å². The molecule has 1 amide bonds. The molecule has 1 N–H and O–H groups in total. The second-order valence-corrected chi connectivity index (χ2v) is 8.90. The molecule has 1 saturated carbocycles. The van der Waals surface area contributed by atoms with Crippen LogP contribution in [0, 0.1) is 5.92 Å². The van der Waals surface area contributed by atoms with Crippen LogP contribution in [0.2, 0.25) is 0 Å². The SMILES string of the molecule is O=C(CSc1n[nH]c(/C=C/c2cccs2)n1)N1CCCC2CCCCC21. The Kier molecular flexibility index (Phi) is 5.75. The average molecular weight is 389 g/mol. The summed E-state index contributed by atoms with van der Waals surface area (Å²) < 4.78 is 0. The Morgan fingerprint density at radius 2 is 2.19 bits per heavy atom. The zero-order valence-electron chi connectivity index (χ0n) is 14.8. The summed E-state index contributed by atoms with van der Waals surface area (Å²) in [5.41, 5.74) is 0. The summed E-state index contributed by atoms with van der Waals surface area (Å²) in [6.45, 7) is 0.920. The Morgan fingerprint density at radius 1 is 1.31 bits per heavy atom. The third kappa shape index (κ3) is 4.20. The van der Waals surface area contributed by atoms with E-state index in [0.717, 1.165) is 24.7 Å². The summed E-state index contributed by atoms with van der Waals surface area (Å²) in [4.78, 5) is 20.5. The summed E-state index contributed by atoms with van der Waals surface area (Å²) in [6, 6.07) is 4.56. The van der Waals surface area contributed by atoms with Crippen LogP contribution in [-0.4, -0.2) is 44.3 Å². The van der Waals surface area contributed by atoms with Crippen molar-refractivity contribution in [1.29, 1.82) is 0 Å². The molecule has 138 valence electrons. The minimum atomic E-state index is 0.243. The fourth-order valence-electron chi connectivity index (χ4n) is 4.09. The van der Waals surface area contributed by atoms with Gasteiger partial charge in [-0.05, 0) is 55.2 Å². The van der Waals surface area contributed by atoms with Crippen molar-refractivity contribution < 1.29 is 4.79 Å². The molecular formula is C19H24N4OS2. The quantitative estimate of drug-likeness (QED) is 0.775. The lowest BCUT2D eigenvalue weighted by Gasteiger charge is -2.44. The molecule has 2 unspecified atom stereocenters.